The van der Waals surface area contributed by atoms with Crippen LogP contribution in [0, 0.1) is 0 Å². The van der Waals surface area contributed by atoms with Crippen LogP contribution in [0.25, 0.3) is 0 Å². The third-order valence-electron chi connectivity index (χ3n) is 4.14. The Morgan fingerprint density at radius 1 is 1.20 bits per heavy atom. The van der Waals surface area contributed by atoms with Gasteiger partial charge in [0.1, 0.15) is 0 Å². The van der Waals surface area contributed by atoms with E-state index >= 15 is 0 Å². The zero-order valence-electron chi connectivity index (χ0n) is 12.2. The molecule has 0 bridgehead atoms. The number of hydrogen-bond acceptors (Lipinski definition) is 4. The van der Waals surface area contributed by atoms with Crippen LogP contribution >= 0.6 is 0 Å². The molecule has 2 heterocycles. The lowest BCUT2D eigenvalue weighted by molar-refractivity contribution is 0.241. The molecule has 2 aliphatic rings. The summed E-state index contributed by atoms with van der Waals surface area (Å²) >= 11 is 0. The molecule has 1 aromatic rings. The van der Waals surface area contributed by atoms with Crippen LogP contribution in [-0.4, -0.2) is 44.3 Å². The highest BCUT2D eigenvalue weighted by atomic mass is 16.5. The van der Waals surface area contributed by atoms with E-state index in [0.717, 1.165) is 44.2 Å². The van der Waals surface area contributed by atoms with Crippen LogP contribution in [0.1, 0.15) is 24.8 Å². The molecule has 0 saturated carbocycles. The average Bonchev–Trinajstić information content (AvgIpc) is 2.75. The van der Waals surface area contributed by atoms with Gasteiger partial charge in [0, 0.05) is 25.6 Å². The molecule has 0 radical (unpaired) electrons. The molecule has 0 amide bonds. The predicted molar refractivity (Wildman–Crippen MR) is 79.4 cm³/mol. The highest BCUT2D eigenvalue weighted by Crippen LogP contribution is 2.31. The molecule has 20 heavy (non-hydrogen) atoms. The topological polar surface area (TPSA) is 33.7 Å². The molecule has 1 unspecified atom stereocenters. The van der Waals surface area contributed by atoms with Gasteiger partial charge >= 0.3 is 0 Å². The zero-order chi connectivity index (χ0) is 13.8. The summed E-state index contributed by atoms with van der Waals surface area (Å²) in [7, 11) is 2.03. The van der Waals surface area contributed by atoms with Crippen molar-refractivity contribution < 1.29 is 9.47 Å². The van der Waals surface area contributed by atoms with Crippen molar-refractivity contribution in [2.45, 2.75) is 31.8 Å². The summed E-state index contributed by atoms with van der Waals surface area (Å²) in [5.41, 5.74) is 1.32. The Labute approximate surface area is 121 Å². The molecule has 3 rings (SSSR count). The lowest BCUT2D eigenvalue weighted by Gasteiger charge is -2.24. The van der Waals surface area contributed by atoms with E-state index in [1.165, 1.54) is 24.9 Å². The van der Waals surface area contributed by atoms with Crippen LogP contribution in [0.2, 0.25) is 0 Å². The van der Waals surface area contributed by atoms with E-state index in [0.29, 0.717) is 6.04 Å². The van der Waals surface area contributed by atoms with Crippen molar-refractivity contribution in [1.82, 2.24) is 10.2 Å². The summed E-state index contributed by atoms with van der Waals surface area (Å²) in [6.45, 7) is 4.78. The van der Waals surface area contributed by atoms with Crippen LogP contribution in [0.3, 0.4) is 0 Å². The SMILES string of the molecule is CNCC1CCCN1Cc1ccc2c(c1)OCCCO2. The monoisotopic (exact) mass is 276 g/mol. The molecule has 0 spiro atoms. The summed E-state index contributed by atoms with van der Waals surface area (Å²) < 4.78 is 11.5. The van der Waals surface area contributed by atoms with Gasteiger partial charge in [0.05, 0.1) is 13.2 Å². The number of benzene rings is 1. The van der Waals surface area contributed by atoms with Gasteiger partial charge in [-0.05, 0) is 44.1 Å². The van der Waals surface area contributed by atoms with E-state index in [-0.39, 0.29) is 0 Å². The van der Waals surface area contributed by atoms with Crippen molar-refractivity contribution in [3.05, 3.63) is 23.8 Å². The van der Waals surface area contributed by atoms with Crippen LogP contribution in [0.5, 0.6) is 11.5 Å². The molecular weight excluding hydrogens is 252 g/mol. The highest BCUT2D eigenvalue weighted by Gasteiger charge is 2.24. The molecular formula is C16H24N2O2. The lowest BCUT2D eigenvalue weighted by atomic mass is 10.1. The molecule has 0 aromatic heterocycles. The van der Waals surface area contributed by atoms with Gasteiger partial charge in [-0.15, -0.1) is 0 Å². The molecule has 4 heteroatoms. The number of hydrogen-bond donors (Lipinski definition) is 1. The second kappa shape index (κ2) is 6.46. The number of likely N-dealkylation sites (tertiary alicyclic amines) is 1. The lowest BCUT2D eigenvalue weighted by Crippen LogP contribution is -2.36. The van der Waals surface area contributed by atoms with E-state index in [4.69, 9.17) is 9.47 Å². The predicted octanol–water partition coefficient (Wildman–Crippen LogP) is 2.03. The number of likely N-dealkylation sites (N-methyl/N-ethyl adjacent to an activating group) is 1. The number of fused-ring (bicyclic) bond motifs is 1. The maximum absolute atomic E-state index is 5.77. The third-order valence-corrected chi connectivity index (χ3v) is 4.14. The van der Waals surface area contributed by atoms with Crippen molar-refractivity contribution in [1.29, 1.82) is 0 Å². The molecule has 1 saturated heterocycles. The second-order valence-electron chi connectivity index (χ2n) is 5.66. The Morgan fingerprint density at radius 3 is 2.90 bits per heavy atom. The third kappa shape index (κ3) is 3.07. The first-order valence-electron chi connectivity index (χ1n) is 7.64. The van der Waals surface area contributed by atoms with Crippen molar-refractivity contribution in [3.8, 4) is 11.5 Å². The van der Waals surface area contributed by atoms with Gasteiger partial charge in [0.2, 0.25) is 0 Å². The van der Waals surface area contributed by atoms with E-state index in [1.54, 1.807) is 0 Å². The van der Waals surface area contributed by atoms with Gasteiger partial charge in [0.25, 0.3) is 0 Å². The summed E-state index contributed by atoms with van der Waals surface area (Å²) in [6, 6.07) is 7.03. The molecule has 110 valence electrons. The number of nitrogens with zero attached hydrogens (tertiary/aromatic N) is 1. The summed E-state index contributed by atoms with van der Waals surface area (Å²) in [6.07, 6.45) is 3.56. The van der Waals surface area contributed by atoms with Crippen LogP contribution in [0.15, 0.2) is 18.2 Å². The van der Waals surface area contributed by atoms with Gasteiger partial charge in [0.15, 0.2) is 11.5 Å². The first-order valence-corrected chi connectivity index (χ1v) is 7.64. The van der Waals surface area contributed by atoms with Gasteiger partial charge in [-0.3, -0.25) is 4.90 Å². The smallest absolute Gasteiger partial charge is 0.161 e. The summed E-state index contributed by atoms with van der Waals surface area (Å²) in [5, 5.41) is 3.30. The Balaban J connectivity index is 1.69. The molecule has 1 aromatic carbocycles. The van der Waals surface area contributed by atoms with Crippen LogP contribution in [0.4, 0.5) is 0 Å². The molecule has 1 N–H and O–H groups in total. The Kier molecular flexibility index (Phi) is 4.43. The van der Waals surface area contributed by atoms with Gasteiger partial charge in [-0.25, -0.2) is 0 Å². The maximum Gasteiger partial charge on any atom is 0.161 e. The van der Waals surface area contributed by atoms with E-state index in [2.05, 4.69) is 28.4 Å². The van der Waals surface area contributed by atoms with Crippen molar-refractivity contribution in [3.63, 3.8) is 0 Å². The average molecular weight is 276 g/mol. The quantitative estimate of drug-likeness (QED) is 0.912. The van der Waals surface area contributed by atoms with Crippen LogP contribution < -0.4 is 14.8 Å². The standard InChI is InChI=1S/C16H24N2O2/c1-17-11-14-4-2-7-18(14)12-13-5-6-15-16(10-13)20-9-3-8-19-15/h5-6,10,14,17H,2-4,7-9,11-12H2,1H3. The van der Waals surface area contributed by atoms with E-state index in [9.17, 15) is 0 Å². The molecule has 0 aliphatic carbocycles. The molecule has 1 atom stereocenters. The van der Waals surface area contributed by atoms with Crippen molar-refractivity contribution >= 4 is 0 Å². The maximum atomic E-state index is 5.77. The first-order chi connectivity index (χ1) is 9.86. The zero-order valence-corrected chi connectivity index (χ0v) is 12.2. The number of nitrogens with one attached hydrogen (secondary N) is 1. The van der Waals surface area contributed by atoms with E-state index < -0.39 is 0 Å². The minimum Gasteiger partial charge on any atom is -0.490 e. The Hall–Kier alpha value is -1.26. The fourth-order valence-electron chi connectivity index (χ4n) is 3.11. The first kappa shape index (κ1) is 13.7. The second-order valence-corrected chi connectivity index (χ2v) is 5.66. The minimum absolute atomic E-state index is 0.663. The van der Waals surface area contributed by atoms with E-state index in [1.807, 2.05) is 7.05 Å². The van der Waals surface area contributed by atoms with Crippen LogP contribution in [-0.2, 0) is 6.54 Å². The van der Waals surface area contributed by atoms with Crippen molar-refractivity contribution in [2.75, 3.05) is 33.4 Å². The van der Waals surface area contributed by atoms with Crippen molar-refractivity contribution in [2.24, 2.45) is 0 Å². The fourth-order valence-corrected chi connectivity index (χ4v) is 3.11. The molecule has 1 fully saturated rings. The molecule has 2 aliphatic heterocycles. The Bertz CT molecular complexity index is 450. The summed E-state index contributed by atoms with van der Waals surface area (Å²) in [4.78, 5) is 2.57. The highest BCUT2D eigenvalue weighted by molar-refractivity contribution is 5.43. The Morgan fingerprint density at radius 2 is 2.05 bits per heavy atom. The van der Waals surface area contributed by atoms with Gasteiger partial charge in [-0.2, -0.15) is 0 Å². The van der Waals surface area contributed by atoms with Gasteiger partial charge < -0.3 is 14.8 Å². The molecule has 4 nitrogen and oxygen atoms in total. The fraction of sp³-hybridized carbons (Fsp3) is 0.625. The van der Waals surface area contributed by atoms with Gasteiger partial charge in [-0.1, -0.05) is 6.07 Å². The largest absolute Gasteiger partial charge is 0.490 e. The normalized spacial score (nSPS) is 22.8. The number of rotatable bonds is 4. The summed E-state index contributed by atoms with van der Waals surface area (Å²) in [5.74, 6) is 1.80. The number of ether oxygens (including phenoxy) is 2. The minimum atomic E-state index is 0.663.